The smallest absolute Gasteiger partial charge is 0.302 e. The van der Waals surface area contributed by atoms with Crippen molar-refractivity contribution in [3.05, 3.63) is 118 Å². The summed E-state index contributed by atoms with van der Waals surface area (Å²) in [6, 6.07) is -14.8. The summed E-state index contributed by atoms with van der Waals surface area (Å²) in [5, 5.41) is -1.22. The van der Waals surface area contributed by atoms with Crippen LogP contribution in [-0.4, -0.2) is 233 Å². The summed E-state index contributed by atoms with van der Waals surface area (Å²) in [6.07, 6.45) is -17.5. The van der Waals surface area contributed by atoms with Crippen LogP contribution in [0.3, 0.4) is 0 Å². The van der Waals surface area contributed by atoms with Crippen LogP contribution in [0.25, 0.3) is 63.5 Å². The standard InChI is InChI=1S/4C17H22N6O/c4*1-11-5-6-23(15(24)8-18-3)9-14(11)22(4)17-13-7-12(2)21-16(13)19-10-20-17/h4*7,10-11,14H,5-6,8-9H2,1-2,4H3,(H,19,20,21)/t4*11-,14+/m1111/s1/i1D3,4D3,5D2,6D2,7D,9D2,10D,11D,14D;4D3,5D2,6D2,7D,9D2,10D,11D,14D;1D3,4D3,5D2,6D2,7D,9D2,10D,14D;5D2,6D2,7D,9D2,10D. The van der Waals surface area contributed by atoms with Crippen LogP contribution >= 0.6 is 0 Å². The van der Waals surface area contributed by atoms with Gasteiger partial charge in [0.25, 0.3) is 26.2 Å². The fourth-order valence-electron chi connectivity index (χ4n) is 8.71. The number of piperidine rings is 4. The van der Waals surface area contributed by atoms with Crippen molar-refractivity contribution in [2.24, 2.45) is 23.6 Å². The summed E-state index contributed by atoms with van der Waals surface area (Å²) in [5.74, 6) is -21.4. The maximum Gasteiger partial charge on any atom is 0.302 e. The molecule has 0 bridgehead atoms. The zero-order valence-electron chi connectivity index (χ0n) is 103. The maximum atomic E-state index is 12.9. The minimum atomic E-state index is -4.36. The molecular weight excluding hydrogens is 1220 g/mol. The van der Waals surface area contributed by atoms with Crippen molar-refractivity contribution in [2.75, 3.05) is 126 Å². The van der Waals surface area contributed by atoms with E-state index in [1.807, 2.05) is 0 Å². The van der Waals surface area contributed by atoms with Crippen LogP contribution in [0.2, 0.25) is 0 Å². The lowest BCUT2D eigenvalue weighted by atomic mass is 9.92. The molecule has 96 heavy (non-hydrogen) atoms. The van der Waals surface area contributed by atoms with Crippen molar-refractivity contribution < 1.29 is 90.5 Å². The quantitative estimate of drug-likeness (QED) is 0.0865. The highest BCUT2D eigenvalue weighted by Crippen LogP contribution is 2.34. The Balaban J connectivity index is 0.000000220. The number of nitrogens with one attached hydrogen (secondary N) is 4. The van der Waals surface area contributed by atoms with Crippen molar-refractivity contribution in [2.45, 2.75) is 105 Å². The first-order chi connectivity index (χ1) is 66.3. The first kappa shape index (κ1) is 28.8. The number of hydrogen-bond acceptors (Lipinski definition) is 16. The number of carbonyl (C=O) groups is 4. The molecule has 4 fully saturated rings. The highest BCUT2D eigenvalue weighted by molar-refractivity contribution is 5.91. The summed E-state index contributed by atoms with van der Waals surface area (Å²) in [7, 11) is 1.39. The van der Waals surface area contributed by atoms with E-state index in [1.165, 1.54) is 39.6 Å². The van der Waals surface area contributed by atoms with E-state index < -0.39 is 290 Å². The molecule has 0 aliphatic carbocycles. The van der Waals surface area contributed by atoms with E-state index >= 15 is 0 Å². The predicted molar refractivity (Wildman–Crippen MR) is 371 cm³/mol. The number of fused-ring (bicyclic) bond motifs is 4. The molecule has 8 atom stereocenters. The van der Waals surface area contributed by atoms with Crippen LogP contribution in [0.15, 0.2) is 49.4 Å². The van der Waals surface area contributed by atoms with Crippen LogP contribution in [0.4, 0.5) is 23.3 Å². The van der Waals surface area contributed by atoms with Gasteiger partial charge in [-0.25, -0.2) is 66.2 Å². The number of nitrogens with zero attached hydrogens (tertiary/aromatic N) is 20. The average molecular weight is 1360 g/mol. The largest absolute Gasteiger partial charge is 0.354 e. The average Bonchev–Trinajstić information content (AvgIpc) is 0.728. The van der Waals surface area contributed by atoms with Gasteiger partial charge in [-0.1, -0.05) is 27.6 Å². The van der Waals surface area contributed by atoms with Gasteiger partial charge in [-0.15, -0.1) is 0 Å². The Labute approximate surface area is 633 Å². The van der Waals surface area contributed by atoms with Crippen molar-refractivity contribution in [3.63, 3.8) is 0 Å². The molecule has 12 heterocycles. The molecule has 4 saturated heterocycles. The topological polar surface area (TPSA) is 278 Å². The van der Waals surface area contributed by atoms with E-state index in [9.17, 15) is 23.3 Å². The lowest BCUT2D eigenvalue weighted by Gasteiger charge is -2.41. The Bertz CT molecular complexity index is 6800. The first-order valence-electron chi connectivity index (χ1n) is 53.4. The maximum absolute atomic E-state index is 12.9. The number of anilines is 4. The summed E-state index contributed by atoms with van der Waals surface area (Å²) in [5.41, 5.74) is -0.0236. The van der Waals surface area contributed by atoms with Gasteiger partial charge >= 0.3 is 23.6 Å². The molecule has 0 aromatic carbocycles. The molecule has 0 saturated carbocycles. The third-order valence-corrected chi connectivity index (χ3v) is 13.2. The van der Waals surface area contributed by atoms with Crippen molar-refractivity contribution >= 4 is 91.0 Å². The second-order valence-electron chi connectivity index (χ2n) is 20.0. The Morgan fingerprint density at radius 2 is 0.792 bits per heavy atom. The highest BCUT2D eigenvalue weighted by Gasteiger charge is 2.38. The number of hydrogen-bond donors (Lipinski definition) is 4. The molecule has 4 aliphatic heterocycles. The molecule has 28 heteroatoms. The van der Waals surface area contributed by atoms with Crippen LogP contribution in [-0.2, 0) is 19.2 Å². The number of rotatable bonds is 12. The Morgan fingerprint density at radius 3 is 1.15 bits per heavy atom. The van der Waals surface area contributed by atoms with Gasteiger partial charge in [0.05, 0.1) is 66.2 Å². The molecule has 4 aliphatic rings. The van der Waals surface area contributed by atoms with Gasteiger partial charge in [-0.3, -0.25) is 19.2 Å². The summed E-state index contributed by atoms with van der Waals surface area (Å²) in [6.45, 7) is -17.5. The van der Waals surface area contributed by atoms with E-state index in [-0.39, 0.29) is 87.9 Å². The zero-order valence-corrected chi connectivity index (χ0v) is 51.1. The summed E-state index contributed by atoms with van der Waals surface area (Å²) >= 11 is 0. The number of H-pyrrole nitrogens is 4. The lowest BCUT2D eigenvalue weighted by Crippen LogP contribution is -2.53. The molecule has 504 valence electrons. The SMILES string of the molecule is [2H]c1nc(N(C([2H])([2H])[2H])[C@@]2([2H])C([2H])([2H])N(C(=O)C[N+]#[C-])C([2H])([2H])C([2H])([2H])[C@@]2([2H])C([2H])([2H])[2H])c2c([2H])c(C)[nH]c2n1.[2H]c1nc(N(C([2H])([2H])[2H])[C@@]2([2H])C([2H])([2H])N(C(=O)C[N+]#[C-])C([2H])([2H])C([2H])([2H])[C@@]2([2H])C)c2c([2H])c(C)[nH]c2n1.[2H]c1nc(N(C([2H])([2H])[2H])[C@]2([2H])[C@H](C([2H])([2H])[2H])C([2H])([2H])C([2H])([2H])N(C(=O)C[N+]#[C-])C2([2H])[2H])c2c([2H])c(C)[nH]c2n1.[2H]c1nc(N(C)[C@@H]2[C@H](C)C([2H])([2H])C([2H])([2H])N(C(=O)C[N+]#[C-])C2([2H])[2H])c2c([2H])c(C)[nH]c2n1. The molecule has 28 nitrogen and oxygen atoms in total. The number of aryl methyl sites for hydroxylation is 4. The number of aromatic nitrogens is 12. The third kappa shape index (κ3) is 15.8. The molecule has 4 amide bonds. The van der Waals surface area contributed by atoms with E-state index in [2.05, 4.69) is 79.2 Å². The van der Waals surface area contributed by atoms with Gasteiger partial charge in [0.15, 0.2) is 0 Å². The van der Waals surface area contributed by atoms with Crippen LogP contribution in [0.5, 0.6) is 0 Å². The minimum absolute atomic E-state index is 0.0187. The third-order valence-electron chi connectivity index (χ3n) is 13.2. The second kappa shape index (κ2) is 31.2. The Kier molecular flexibility index (Phi) is 9.37. The van der Waals surface area contributed by atoms with E-state index in [0.717, 1.165) is 0 Å². The number of aromatic amines is 4. The fourth-order valence-corrected chi connectivity index (χ4v) is 8.71. The van der Waals surface area contributed by atoms with Crippen molar-refractivity contribution in [1.82, 2.24) is 79.4 Å². The molecule has 0 unspecified atom stereocenters. The first-order valence-corrected chi connectivity index (χ1v) is 27.4. The van der Waals surface area contributed by atoms with Crippen LogP contribution < -0.4 is 19.6 Å². The molecule has 0 spiro atoms. The Hall–Kier alpha value is -10.5. The minimum Gasteiger partial charge on any atom is -0.354 e. The summed E-state index contributed by atoms with van der Waals surface area (Å²) < 4.78 is 436. The second-order valence-corrected chi connectivity index (χ2v) is 20.0. The number of likely N-dealkylation sites (tertiary alicyclic amines) is 4. The van der Waals surface area contributed by atoms with Crippen LogP contribution in [0, 0.1) is 77.6 Å². The van der Waals surface area contributed by atoms with E-state index in [0.29, 0.717) is 12.6 Å². The molecular formula is C68H88N24O4. The molecule has 8 aromatic heterocycles. The van der Waals surface area contributed by atoms with Crippen LogP contribution in [0.1, 0.15) is 147 Å². The van der Waals surface area contributed by atoms with Gasteiger partial charge in [-0.2, -0.15) is 0 Å². The monoisotopic (exact) mass is 1360 g/mol. The number of likely N-dealkylation sites (N-methyl/N-ethyl adjacent to an activating group) is 4. The number of amides is 4. The van der Waals surface area contributed by atoms with Crippen molar-refractivity contribution in [1.29, 1.82) is 0 Å². The normalized spacial score (nSPS) is 39.6. The molecule has 0 radical (unpaired) electrons. The predicted octanol–water partition coefficient (Wildman–Crippen LogP) is 7.44. The van der Waals surface area contributed by atoms with Gasteiger partial charge in [0.2, 0.25) is 0 Å². The highest BCUT2D eigenvalue weighted by atomic mass is 16.2. The van der Waals surface area contributed by atoms with Gasteiger partial charge in [0, 0.05) is 148 Å². The summed E-state index contributed by atoms with van der Waals surface area (Å²) in [4.78, 5) is 103. The number of carbonyl (C=O) groups excluding carboxylic acids is 4. The molecule has 12 rings (SSSR count). The van der Waals surface area contributed by atoms with Gasteiger partial charge in [0.1, 0.15) is 76.6 Å². The molecule has 4 N–H and O–H groups in total. The van der Waals surface area contributed by atoms with E-state index in [4.69, 9.17) is 93.5 Å². The Morgan fingerprint density at radius 1 is 0.479 bits per heavy atom. The fraction of sp³-hybridized carbons (Fsp3) is 0.529. The van der Waals surface area contributed by atoms with Crippen molar-refractivity contribution in [3.8, 4) is 0 Å². The van der Waals surface area contributed by atoms with Gasteiger partial charge < -0.3 is 78.5 Å². The molecule has 8 aromatic rings. The van der Waals surface area contributed by atoms with Gasteiger partial charge in [-0.05, 0) is 101 Å². The lowest BCUT2D eigenvalue weighted by molar-refractivity contribution is -0.131. The van der Waals surface area contributed by atoms with E-state index in [1.54, 1.807) is 6.92 Å². The zero-order chi connectivity index (χ0) is 115.